The van der Waals surface area contributed by atoms with Gasteiger partial charge in [0.1, 0.15) is 19.3 Å². The van der Waals surface area contributed by atoms with Crippen LogP contribution in [0.3, 0.4) is 0 Å². The Balaban J connectivity index is 1.60. The van der Waals surface area contributed by atoms with Gasteiger partial charge in [0.25, 0.3) is 0 Å². The molecule has 1 aliphatic heterocycles. The van der Waals surface area contributed by atoms with Crippen LogP contribution < -0.4 is 0 Å². The number of amides is 1. The molecule has 1 amide bonds. The number of nitrogens with zero attached hydrogens (tertiary/aromatic N) is 1. The number of ether oxygens (including phenoxy) is 3. The van der Waals surface area contributed by atoms with Crippen molar-refractivity contribution < 1.29 is 28.9 Å². The van der Waals surface area contributed by atoms with Gasteiger partial charge in [0.2, 0.25) is 0 Å². The maximum Gasteiger partial charge on any atom is 0.410 e. The van der Waals surface area contributed by atoms with E-state index in [-0.39, 0.29) is 32.5 Å². The van der Waals surface area contributed by atoms with Gasteiger partial charge >= 0.3 is 12.1 Å². The molecule has 0 saturated carbocycles. The minimum atomic E-state index is -0.767. The molecule has 1 saturated heterocycles. The van der Waals surface area contributed by atoms with Crippen molar-refractivity contribution in [2.24, 2.45) is 0 Å². The number of hydrogen-bond acceptors (Lipinski definition) is 6. The third-order valence-electron chi connectivity index (χ3n) is 4.85. The van der Waals surface area contributed by atoms with Crippen LogP contribution in [0.25, 0.3) is 0 Å². The lowest BCUT2D eigenvalue weighted by atomic mass is 10.2. The van der Waals surface area contributed by atoms with Crippen LogP contribution in [-0.4, -0.2) is 54.0 Å². The smallest absolute Gasteiger partial charge is 0.410 e. The Morgan fingerprint density at radius 1 is 0.933 bits per heavy atom. The molecule has 160 valence electrons. The van der Waals surface area contributed by atoms with Crippen LogP contribution in [0.1, 0.15) is 24.0 Å². The van der Waals surface area contributed by atoms with E-state index in [0.717, 1.165) is 11.1 Å². The highest BCUT2D eigenvalue weighted by molar-refractivity contribution is 5.82. The van der Waals surface area contributed by atoms with Crippen molar-refractivity contribution in [3.8, 4) is 0 Å². The average molecular weight is 413 g/mol. The molecule has 1 heterocycles. The Morgan fingerprint density at radius 3 is 2.13 bits per heavy atom. The number of aliphatic hydroxyl groups is 1. The number of aliphatic hydroxyl groups excluding tert-OH is 1. The fourth-order valence-electron chi connectivity index (χ4n) is 3.29. The number of rotatable bonds is 9. The average Bonchev–Trinajstić information content (AvgIpc) is 3.22. The van der Waals surface area contributed by atoms with E-state index in [1.807, 2.05) is 60.7 Å². The summed E-state index contributed by atoms with van der Waals surface area (Å²) in [6, 6.07) is 18.0. The maximum absolute atomic E-state index is 12.7. The Hall–Kier alpha value is -2.90. The Labute approximate surface area is 176 Å². The van der Waals surface area contributed by atoms with Crippen LogP contribution in [-0.2, 0) is 32.2 Å². The van der Waals surface area contributed by atoms with E-state index >= 15 is 0 Å². The van der Waals surface area contributed by atoms with Gasteiger partial charge in [-0.15, -0.1) is 0 Å². The van der Waals surface area contributed by atoms with Gasteiger partial charge in [0, 0.05) is 19.6 Å². The first-order chi connectivity index (χ1) is 14.7. The zero-order valence-electron chi connectivity index (χ0n) is 16.8. The standard InChI is InChI=1S/C23H27NO6/c25-12-7-13-28-20-14-21(22(26)29-16-18-8-3-1-4-9-18)24(15-20)23(27)30-17-19-10-5-2-6-11-19/h1-6,8-11,20-21,25H,7,12-17H2/t20-,21-/m0/s1. The summed E-state index contributed by atoms with van der Waals surface area (Å²) in [6.07, 6.45) is -0.0544. The zero-order chi connectivity index (χ0) is 21.2. The molecule has 0 unspecified atom stereocenters. The Morgan fingerprint density at radius 2 is 1.53 bits per heavy atom. The first-order valence-electron chi connectivity index (χ1n) is 10.1. The Kier molecular flexibility index (Phi) is 8.23. The van der Waals surface area contributed by atoms with Crippen molar-refractivity contribution in [2.45, 2.75) is 38.2 Å². The molecule has 0 spiro atoms. The second kappa shape index (κ2) is 11.3. The lowest BCUT2D eigenvalue weighted by Gasteiger charge is -2.22. The summed E-state index contributed by atoms with van der Waals surface area (Å²) in [5.41, 5.74) is 1.74. The van der Waals surface area contributed by atoms with Gasteiger partial charge in [-0.25, -0.2) is 9.59 Å². The first kappa shape index (κ1) is 21.8. The van der Waals surface area contributed by atoms with E-state index < -0.39 is 18.1 Å². The second-order valence-corrected chi connectivity index (χ2v) is 7.11. The van der Waals surface area contributed by atoms with Gasteiger partial charge < -0.3 is 19.3 Å². The summed E-state index contributed by atoms with van der Waals surface area (Å²) < 4.78 is 16.6. The lowest BCUT2D eigenvalue weighted by molar-refractivity contribution is -0.150. The molecule has 1 aliphatic rings. The van der Waals surface area contributed by atoms with Gasteiger partial charge in [0.05, 0.1) is 12.6 Å². The van der Waals surface area contributed by atoms with Crippen LogP contribution in [0.5, 0.6) is 0 Å². The number of hydrogen-bond donors (Lipinski definition) is 1. The highest BCUT2D eigenvalue weighted by Crippen LogP contribution is 2.23. The Bertz CT molecular complexity index is 734. The molecule has 0 bridgehead atoms. The summed E-state index contributed by atoms with van der Waals surface area (Å²) in [5.74, 6) is -0.483. The van der Waals surface area contributed by atoms with Gasteiger partial charge in [-0.2, -0.15) is 0 Å². The maximum atomic E-state index is 12.7. The summed E-state index contributed by atoms with van der Waals surface area (Å²) >= 11 is 0. The zero-order valence-corrected chi connectivity index (χ0v) is 16.8. The molecular weight excluding hydrogens is 386 g/mol. The number of esters is 1. The van der Waals surface area contributed by atoms with E-state index in [1.54, 1.807) is 0 Å². The number of carbonyl (C=O) groups is 2. The van der Waals surface area contributed by atoms with E-state index in [9.17, 15) is 9.59 Å². The highest BCUT2D eigenvalue weighted by Gasteiger charge is 2.42. The van der Waals surface area contributed by atoms with Crippen molar-refractivity contribution >= 4 is 12.1 Å². The number of benzene rings is 2. The molecule has 3 rings (SSSR count). The van der Waals surface area contributed by atoms with Crippen LogP contribution in [0.2, 0.25) is 0 Å². The quantitative estimate of drug-likeness (QED) is 0.503. The first-order valence-corrected chi connectivity index (χ1v) is 10.1. The second-order valence-electron chi connectivity index (χ2n) is 7.11. The predicted octanol–water partition coefficient (Wildman–Crippen LogP) is 2.91. The molecule has 7 heteroatoms. The van der Waals surface area contributed by atoms with Crippen molar-refractivity contribution in [1.29, 1.82) is 0 Å². The van der Waals surface area contributed by atoms with Crippen LogP contribution in [0.15, 0.2) is 60.7 Å². The van der Waals surface area contributed by atoms with Crippen molar-refractivity contribution in [2.75, 3.05) is 19.8 Å². The third-order valence-corrected chi connectivity index (χ3v) is 4.85. The molecule has 1 N–H and O–H groups in total. The van der Waals surface area contributed by atoms with Crippen LogP contribution >= 0.6 is 0 Å². The molecule has 2 aromatic rings. The van der Waals surface area contributed by atoms with Crippen LogP contribution in [0, 0.1) is 0 Å². The number of likely N-dealkylation sites (tertiary alicyclic amines) is 1. The number of carbonyl (C=O) groups excluding carboxylic acids is 2. The molecule has 1 fully saturated rings. The van der Waals surface area contributed by atoms with Crippen molar-refractivity contribution in [3.05, 3.63) is 71.8 Å². The normalized spacial score (nSPS) is 18.2. The predicted molar refractivity (Wildman–Crippen MR) is 109 cm³/mol. The van der Waals surface area contributed by atoms with Gasteiger partial charge in [-0.3, -0.25) is 4.90 Å². The van der Waals surface area contributed by atoms with E-state index in [4.69, 9.17) is 19.3 Å². The SMILES string of the molecule is O=C(OCc1ccccc1)[C@@H]1C[C@H](OCCCO)CN1C(=O)OCc1ccccc1. The van der Waals surface area contributed by atoms with E-state index in [2.05, 4.69) is 0 Å². The lowest BCUT2D eigenvalue weighted by Crippen LogP contribution is -2.41. The molecule has 0 radical (unpaired) electrons. The molecule has 2 atom stereocenters. The van der Waals surface area contributed by atoms with E-state index in [1.165, 1.54) is 4.90 Å². The molecule has 0 aromatic heterocycles. The third kappa shape index (κ3) is 6.30. The van der Waals surface area contributed by atoms with Crippen LogP contribution in [0.4, 0.5) is 4.79 Å². The van der Waals surface area contributed by atoms with Gasteiger partial charge in [0.15, 0.2) is 0 Å². The molecular formula is C23H27NO6. The van der Waals surface area contributed by atoms with Crippen molar-refractivity contribution in [3.63, 3.8) is 0 Å². The largest absolute Gasteiger partial charge is 0.459 e. The fraction of sp³-hybridized carbons (Fsp3) is 0.391. The summed E-state index contributed by atoms with van der Waals surface area (Å²) in [4.78, 5) is 26.8. The molecule has 2 aromatic carbocycles. The minimum absolute atomic E-state index is 0.0259. The summed E-state index contributed by atoms with van der Waals surface area (Å²) in [5, 5.41) is 8.94. The van der Waals surface area contributed by atoms with Crippen molar-refractivity contribution in [1.82, 2.24) is 4.90 Å². The summed E-state index contributed by atoms with van der Waals surface area (Å²) in [7, 11) is 0. The molecule has 7 nitrogen and oxygen atoms in total. The summed E-state index contributed by atoms with van der Waals surface area (Å²) in [6.45, 7) is 0.888. The molecule has 0 aliphatic carbocycles. The highest BCUT2D eigenvalue weighted by atomic mass is 16.6. The fourth-order valence-corrected chi connectivity index (χ4v) is 3.29. The van der Waals surface area contributed by atoms with Gasteiger partial charge in [-0.1, -0.05) is 60.7 Å². The monoisotopic (exact) mass is 413 g/mol. The van der Waals surface area contributed by atoms with Gasteiger partial charge in [-0.05, 0) is 17.5 Å². The van der Waals surface area contributed by atoms with E-state index in [0.29, 0.717) is 19.4 Å². The minimum Gasteiger partial charge on any atom is -0.459 e. The topological polar surface area (TPSA) is 85.3 Å². The molecule has 30 heavy (non-hydrogen) atoms.